The van der Waals surface area contributed by atoms with Crippen LogP contribution in [0, 0.1) is 11.6 Å². The molecule has 2 aromatic rings. The number of carbonyl (C=O) groups is 2. The lowest BCUT2D eigenvalue weighted by Gasteiger charge is -2.17. The smallest absolute Gasteiger partial charge is 0.328 e. The molecule has 0 saturated heterocycles. The van der Waals surface area contributed by atoms with E-state index in [9.17, 15) is 18.4 Å². The Morgan fingerprint density at radius 3 is 2.30 bits per heavy atom. The Morgan fingerprint density at radius 1 is 1.07 bits per heavy atom. The van der Waals surface area contributed by atoms with Crippen molar-refractivity contribution in [1.29, 1.82) is 0 Å². The van der Waals surface area contributed by atoms with Crippen molar-refractivity contribution in [3.63, 3.8) is 0 Å². The predicted molar refractivity (Wildman–Crippen MR) is 95.7 cm³/mol. The Morgan fingerprint density at radius 2 is 1.74 bits per heavy atom. The summed E-state index contributed by atoms with van der Waals surface area (Å²) in [5.41, 5.74) is 0.828. The van der Waals surface area contributed by atoms with Crippen molar-refractivity contribution in [2.45, 2.75) is 18.9 Å². The highest BCUT2D eigenvalue weighted by atomic mass is 35.5. The van der Waals surface area contributed by atoms with Crippen LogP contribution in [0.5, 0.6) is 5.75 Å². The third-order valence-electron chi connectivity index (χ3n) is 3.76. The highest BCUT2D eigenvalue weighted by molar-refractivity contribution is 6.32. The van der Waals surface area contributed by atoms with Crippen molar-refractivity contribution in [3.8, 4) is 5.75 Å². The molecule has 1 atom stereocenters. The van der Waals surface area contributed by atoms with Crippen molar-refractivity contribution in [3.05, 3.63) is 64.2 Å². The third-order valence-corrected chi connectivity index (χ3v) is 4.06. The summed E-state index contributed by atoms with van der Waals surface area (Å²) in [4.78, 5) is 24.2. The van der Waals surface area contributed by atoms with Gasteiger partial charge in [0.05, 0.1) is 25.7 Å². The molecule has 27 heavy (non-hydrogen) atoms. The standard InChI is InChI=1S/C19H18ClF2NO4/c1-26-17-4-3-11(7-15(17)20)8-16(19(25)27-2)23-18(24)9-12-5-13(21)10-14(22)6-12/h3-7,10,16H,8-9H2,1-2H3,(H,23,24)/t16-/m1/s1. The lowest BCUT2D eigenvalue weighted by molar-refractivity contribution is -0.145. The average Bonchev–Trinajstić information content (AvgIpc) is 2.59. The lowest BCUT2D eigenvalue weighted by atomic mass is 10.0. The van der Waals surface area contributed by atoms with Crippen molar-refractivity contribution in [2.75, 3.05) is 14.2 Å². The second-order valence-electron chi connectivity index (χ2n) is 5.77. The number of amides is 1. The molecule has 0 unspecified atom stereocenters. The SMILES string of the molecule is COC(=O)[C@@H](Cc1ccc(OC)c(Cl)c1)NC(=O)Cc1cc(F)cc(F)c1. The molecule has 0 saturated carbocycles. The quantitative estimate of drug-likeness (QED) is 0.729. The maximum Gasteiger partial charge on any atom is 0.328 e. The minimum absolute atomic E-state index is 0.125. The number of ether oxygens (including phenoxy) is 2. The van der Waals surface area contributed by atoms with Gasteiger partial charge in [-0.05, 0) is 35.4 Å². The van der Waals surface area contributed by atoms with Gasteiger partial charge in [0.25, 0.3) is 0 Å². The van der Waals surface area contributed by atoms with Crippen LogP contribution in [0.2, 0.25) is 5.02 Å². The van der Waals surface area contributed by atoms with Crippen molar-refractivity contribution in [2.24, 2.45) is 0 Å². The van der Waals surface area contributed by atoms with E-state index in [0.29, 0.717) is 22.4 Å². The van der Waals surface area contributed by atoms with E-state index in [4.69, 9.17) is 21.1 Å². The van der Waals surface area contributed by atoms with Crippen LogP contribution < -0.4 is 10.1 Å². The average molecular weight is 398 g/mol. The Bertz CT molecular complexity index is 824. The molecule has 0 fully saturated rings. The van der Waals surface area contributed by atoms with Crippen LogP contribution in [0.3, 0.4) is 0 Å². The van der Waals surface area contributed by atoms with E-state index in [0.717, 1.165) is 12.1 Å². The number of hydrogen-bond acceptors (Lipinski definition) is 4. The molecule has 0 aliphatic heterocycles. The molecule has 2 aromatic carbocycles. The van der Waals surface area contributed by atoms with Gasteiger partial charge >= 0.3 is 5.97 Å². The minimum atomic E-state index is -0.981. The Labute approximate surface area is 160 Å². The van der Waals surface area contributed by atoms with Gasteiger partial charge in [0.2, 0.25) is 5.91 Å². The first-order valence-electron chi connectivity index (χ1n) is 7.97. The molecule has 5 nitrogen and oxygen atoms in total. The minimum Gasteiger partial charge on any atom is -0.495 e. The molecule has 0 radical (unpaired) electrons. The van der Waals surface area contributed by atoms with Crippen LogP contribution in [0.1, 0.15) is 11.1 Å². The predicted octanol–water partition coefficient (Wildman–Crippen LogP) is 3.07. The first kappa shape index (κ1) is 20.6. The second-order valence-corrected chi connectivity index (χ2v) is 6.18. The summed E-state index contributed by atoms with van der Waals surface area (Å²) in [5, 5.41) is 2.88. The fourth-order valence-corrected chi connectivity index (χ4v) is 2.83. The van der Waals surface area contributed by atoms with Gasteiger partial charge in [-0.3, -0.25) is 4.79 Å². The maximum atomic E-state index is 13.2. The van der Waals surface area contributed by atoms with Crippen molar-refractivity contribution < 1.29 is 27.8 Å². The van der Waals surface area contributed by atoms with Gasteiger partial charge in [0.15, 0.2) is 0 Å². The summed E-state index contributed by atoms with van der Waals surface area (Å²) in [6.45, 7) is 0. The molecule has 1 amide bonds. The summed E-state index contributed by atoms with van der Waals surface area (Å²) in [5.74, 6) is -2.31. The number of esters is 1. The molecule has 0 aliphatic rings. The van der Waals surface area contributed by atoms with E-state index in [1.807, 2.05) is 0 Å². The number of hydrogen-bond donors (Lipinski definition) is 1. The molecular formula is C19H18ClF2NO4. The van der Waals surface area contributed by atoms with Crippen molar-refractivity contribution >= 4 is 23.5 Å². The highest BCUT2D eigenvalue weighted by Gasteiger charge is 2.22. The number of nitrogens with one attached hydrogen (secondary N) is 1. The molecular weight excluding hydrogens is 380 g/mol. The number of rotatable bonds is 7. The topological polar surface area (TPSA) is 64.6 Å². The zero-order chi connectivity index (χ0) is 20.0. The first-order chi connectivity index (χ1) is 12.8. The molecule has 8 heteroatoms. The molecule has 0 aromatic heterocycles. The van der Waals surface area contributed by atoms with Crippen LogP contribution in [-0.4, -0.2) is 32.1 Å². The summed E-state index contributed by atoms with van der Waals surface area (Å²) in [6, 6.07) is 6.80. The van der Waals surface area contributed by atoms with E-state index in [1.54, 1.807) is 18.2 Å². The lowest BCUT2D eigenvalue weighted by Crippen LogP contribution is -2.43. The summed E-state index contributed by atoms with van der Waals surface area (Å²) < 4.78 is 36.3. The molecule has 0 spiro atoms. The monoisotopic (exact) mass is 397 g/mol. The van der Waals surface area contributed by atoms with Crippen LogP contribution in [-0.2, 0) is 27.2 Å². The number of benzene rings is 2. The van der Waals surface area contributed by atoms with E-state index in [-0.39, 0.29) is 18.4 Å². The second kappa shape index (κ2) is 9.32. The molecule has 0 bridgehead atoms. The van der Waals surface area contributed by atoms with Crippen LogP contribution in [0.4, 0.5) is 8.78 Å². The Hall–Kier alpha value is -2.67. The van der Waals surface area contributed by atoms with E-state index >= 15 is 0 Å². The zero-order valence-corrected chi connectivity index (χ0v) is 15.5. The Balaban J connectivity index is 2.10. The van der Waals surface area contributed by atoms with Gasteiger partial charge in [0.1, 0.15) is 23.4 Å². The van der Waals surface area contributed by atoms with Gasteiger partial charge in [-0.2, -0.15) is 0 Å². The maximum absolute atomic E-state index is 13.2. The first-order valence-corrected chi connectivity index (χ1v) is 8.34. The zero-order valence-electron chi connectivity index (χ0n) is 14.7. The van der Waals surface area contributed by atoms with Crippen molar-refractivity contribution in [1.82, 2.24) is 5.32 Å². The third kappa shape index (κ3) is 5.92. The van der Waals surface area contributed by atoms with Gasteiger partial charge in [-0.1, -0.05) is 17.7 Å². The largest absolute Gasteiger partial charge is 0.495 e. The number of methoxy groups -OCH3 is 2. The van der Waals surface area contributed by atoms with Gasteiger partial charge in [-0.15, -0.1) is 0 Å². The summed E-state index contributed by atoms with van der Waals surface area (Å²) in [7, 11) is 2.68. The number of halogens is 3. The van der Waals surface area contributed by atoms with Gasteiger partial charge in [0, 0.05) is 12.5 Å². The highest BCUT2D eigenvalue weighted by Crippen LogP contribution is 2.25. The Kier molecular flexibility index (Phi) is 7.12. The molecule has 0 aliphatic carbocycles. The van der Waals surface area contributed by atoms with E-state index in [1.165, 1.54) is 14.2 Å². The summed E-state index contributed by atoms with van der Waals surface area (Å²) >= 11 is 6.07. The van der Waals surface area contributed by atoms with Gasteiger partial charge < -0.3 is 14.8 Å². The van der Waals surface area contributed by atoms with Crippen LogP contribution >= 0.6 is 11.6 Å². The van der Waals surface area contributed by atoms with Crippen LogP contribution in [0.25, 0.3) is 0 Å². The van der Waals surface area contributed by atoms with Crippen LogP contribution in [0.15, 0.2) is 36.4 Å². The normalized spacial score (nSPS) is 11.6. The fourth-order valence-electron chi connectivity index (χ4n) is 2.55. The van der Waals surface area contributed by atoms with Gasteiger partial charge in [-0.25, -0.2) is 13.6 Å². The molecule has 0 heterocycles. The molecule has 2 rings (SSSR count). The van der Waals surface area contributed by atoms with E-state index < -0.39 is 29.6 Å². The number of carbonyl (C=O) groups excluding carboxylic acids is 2. The summed E-state index contributed by atoms with van der Waals surface area (Å²) in [6.07, 6.45) is -0.162. The molecule has 144 valence electrons. The van der Waals surface area contributed by atoms with E-state index in [2.05, 4.69) is 5.32 Å². The molecule has 1 N–H and O–H groups in total. The fraction of sp³-hybridized carbons (Fsp3) is 0.263.